The summed E-state index contributed by atoms with van der Waals surface area (Å²) in [5.41, 5.74) is 5.80. The molecule has 0 rings (SSSR count). The van der Waals surface area contributed by atoms with Gasteiger partial charge in [-0.2, -0.15) is 0 Å². The zero-order valence-corrected chi connectivity index (χ0v) is 10.4. The number of carbonyl (C=O) groups excluding carboxylic acids is 1. The molecule has 0 aliphatic rings. The number of rotatable bonds is 8. The Morgan fingerprint density at radius 2 is 1.93 bits per heavy atom. The molecule has 0 aromatic heterocycles. The van der Waals surface area contributed by atoms with Gasteiger partial charge in [0.2, 0.25) is 5.91 Å². The average Bonchev–Trinajstić information content (AvgIpc) is 2.26. The summed E-state index contributed by atoms with van der Waals surface area (Å²) in [5, 5.41) is 2.89. The second-order valence-corrected chi connectivity index (χ2v) is 4.26. The number of unbranched alkanes of at least 4 members (excludes halogenated alkanes) is 3. The van der Waals surface area contributed by atoms with Crippen LogP contribution in [0.5, 0.6) is 0 Å². The SMILES string of the molecule is CCCCCCNC(=O)C(N)C(C)CC. The van der Waals surface area contributed by atoms with Crippen LogP contribution in [0.15, 0.2) is 0 Å². The molecule has 3 nitrogen and oxygen atoms in total. The molecule has 0 aliphatic carbocycles. The quantitative estimate of drug-likeness (QED) is 0.608. The molecule has 0 aromatic carbocycles. The zero-order chi connectivity index (χ0) is 11.7. The van der Waals surface area contributed by atoms with Gasteiger partial charge in [0.05, 0.1) is 6.04 Å². The Labute approximate surface area is 93.8 Å². The molecule has 90 valence electrons. The van der Waals surface area contributed by atoms with Crippen LogP contribution in [0, 0.1) is 5.92 Å². The van der Waals surface area contributed by atoms with Crippen molar-refractivity contribution in [3.63, 3.8) is 0 Å². The Kier molecular flexibility index (Phi) is 8.38. The first-order valence-corrected chi connectivity index (χ1v) is 6.16. The van der Waals surface area contributed by atoms with Gasteiger partial charge in [0.15, 0.2) is 0 Å². The van der Waals surface area contributed by atoms with Gasteiger partial charge in [-0.25, -0.2) is 0 Å². The van der Waals surface area contributed by atoms with Crippen molar-refractivity contribution < 1.29 is 4.79 Å². The summed E-state index contributed by atoms with van der Waals surface area (Å²) in [4.78, 5) is 11.5. The maximum Gasteiger partial charge on any atom is 0.237 e. The van der Waals surface area contributed by atoms with Crippen LogP contribution in [0.4, 0.5) is 0 Å². The molecule has 0 fully saturated rings. The van der Waals surface area contributed by atoms with Crippen LogP contribution in [0.2, 0.25) is 0 Å². The Morgan fingerprint density at radius 3 is 2.47 bits per heavy atom. The van der Waals surface area contributed by atoms with Gasteiger partial charge in [0, 0.05) is 6.54 Å². The summed E-state index contributed by atoms with van der Waals surface area (Å²) in [6.07, 6.45) is 5.67. The molecule has 15 heavy (non-hydrogen) atoms. The average molecular weight is 214 g/mol. The fourth-order valence-corrected chi connectivity index (χ4v) is 1.39. The molecular weight excluding hydrogens is 188 g/mol. The molecule has 2 unspecified atom stereocenters. The molecule has 0 aromatic rings. The lowest BCUT2D eigenvalue weighted by molar-refractivity contribution is -0.123. The molecular formula is C12H26N2O. The third-order valence-corrected chi connectivity index (χ3v) is 2.89. The van der Waals surface area contributed by atoms with E-state index in [1.165, 1.54) is 19.3 Å². The van der Waals surface area contributed by atoms with Crippen molar-refractivity contribution in [2.24, 2.45) is 11.7 Å². The lowest BCUT2D eigenvalue weighted by Crippen LogP contribution is -2.44. The molecule has 3 N–H and O–H groups in total. The third-order valence-electron chi connectivity index (χ3n) is 2.89. The van der Waals surface area contributed by atoms with Crippen LogP contribution >= 0.6 is 0 Å². The highest BCUT2D eigenvalue weighted by Crippen LogP contribution is 2.05. The Bertz CT molecular complexity index is 171. The lowest BCUT2D eigenvalue weighted by Gasteiger charge is -2.17. The van der Waals surface area contributed by atoms with Crippen molar-refractivity contribution in [3.05, 3.63) is 0 Å². The second-order valence-electron chi connectivity index (χ2n) is 4.26. The summed E-state index contributed by atoms with van der Waals surface area (Å²) in [7, 11) is 0. The normalized spacial score (nSPS) is 14.7. The van der Waals surface area contributed by atoms with E-state index in [9.17, 15) is 4.79 Å². The minimum atomic E-state index is -0.346. The van der Waals surface area contributed by atoms with E-state index in [0.717, 1.165) is 19.4 Å². The van der Waals surface area contributed by atoms with Gasteiger partial charge >= 0.3 is 0 Å². The predicted molar refractivity (Wildman–Crippen MR) is 64.6 cm³/mol. The van der Waals surface area contributed by atoms with E-state index >= 15 is 0 Å². The predicted octanol–water partition coefficient (Wildman–Crippen LogP) is 2.06. The highest BCUT2D eigenvalue weighted by atomic mass is 16.2. The lowest BCUT2D eigenvalue weighted by atomic mass is 9.99. The summed E-state index contributed by atoms with van der Waals surface area (Å²) >= 11 is 0. The summed E-state index contributed by atoms with van der Waals surface area (Å²) in [6.45, 7) is 7.01. The van der Waals surface area contributed by atoms with E-state index in [4.69, 9.17) is 5.73 Å². The molecule has 0 spiro atoms. The molecule has 0 bridgehead atoms. The van der Waals surface area contributed by atoms with Crippen LogP contribution in [0.1, 0.15) is 52.9 Å². The van der Waals surface area contributed by atoms with Gasteiger partial charge in [-0.15, -0.1) is 0 Å². The molecule has 0 saturated heterocycles. The third kappa shape index (κ3) is 6.50. The van der Waals surface area contributed by atoms with Crippen molar-refractivity contribution in [3.8, 4) is 0 Å². The monoisotopic (exact) mass is 214 g/mol. The van der Waals surface area contributed by atoms with Gasteiger partial charge < -0.3 is 11.1 Å². The number of hydrogen-bond donors (Lipinski definition) is 2. The summed E-state index contributed by atoms with van der Waals surface area (Å²) < 4.78 is 0. The van der Waals surface area contributed by atoms with Crippen LogP contribution in [0.25, 0.3) is 0 Å². The number of nitrogens with one attached hydrogen (secondary N) is 1. The van der Waals surface area contributed by atoms with Gasteiger partial charge in [-0.1, -0.05) is 46.5 Å². The largest absolute Gasteiger partial charge is 0.355 e. The van der Waals surface area contributed by atoms with Crippen LogP contribution in [-0.4, -0.2) is 18.5 Å². The first kappa shape index (κ1) is 14.4. The van der Waals surface area contributed by atoms with Crippen LogP contribution < -0.4 is 11.1 Å². The first-order valence-electron chi connectivity index (χ1n) is 6.16. The summed E-state index contributed by atoms with van der Waals surface area (Å²) in [5.74, 6) is 0.265. The van der Waals surface area contributed by atoms with Crippen molar-refractivity contribution in [1.82, 2.24) is 5.32 Å². The van der Waals surface area contributed by atoms with E-state index in [2.05, 4.69) is 19.2 Å². The molecule has 0 saturated carbocycles. The molecule has 0 heterocycles. The Hall–Kier alpha value is -0.570. The van der Waals surface area contributed by atoms with Gasteiger partial charge in [-0.3, -0.25) is 4.79 Å². The number of carbonyl (C=O) groups is 1. The number of amides is 1. The Balaban J connectivity index is 3.56. The fourth-order valence-electron chi connectivity index (χ4n) is 1.39. The topological polar surface area (TPSA) is 55.1 Å². The molecule has 1 amide bonds. The van der Waals surface area contributed by atoms with E-state index in [-0.39, 0.29) is 17.9 Å². The van der Waals surface area contributed by atoms with Crippen molar-refractivity contribution in [2.45, 2.75) is 58.9 Å². The Morgan fingerprint density at radius 1 is 1.27 bits per heavy atom. The van der Waals surface area contributed by atoms with E-state index in [1.807, 2.05) is 6.92 Å². The standard InChI is InChI=1S/C12H26N2O/c1-4-6-7-8-9-14-12(15)11(13)10(3)5-2/h10-11H,4-9,13H2,1-3H3,(H,14,15). The minimum Gasteiger partial charge on any atom is -0.355 e. The molecule has 0 radical (unpaired) electrons. The second kappa shape index (κ2) is 8.72. The maximum absolute atomic E-state index is 11.5. The summed E-state index contributed by atoms with van der Waals surface area (Å²) in [6, 6.07) is -0.346. The number of hydrogen-bond acceptors (Lipinski definition) is 2. The highest BCUT2D eigenvalue weighted by Gasteiger charge is 2.18. The smallest absolute Gasteiger partial charge is 0.237 e. The van der Waals surface area contributed by atoms with E-state index in [1.54, 1.807) is 0 Å². The fraction of sp³-hybridized carbons (Fsp3) is 0.917. The highest BCUT2D eigenvalue weighted by molar-refractivity contribution is 5.81. The van der Waals surface area contributed by atoms with Crippen LogP contribution in [-0.2, 0) is 4.79 Å². The van der Waals surface area contributed by atoms with E-state index in [0.29, 0.717) is 0 Å². The van der Waals surface area contributed by atoms with Gasteiger partial charge in [0.25, 0.3) is 0 Å². The van der Waals surface area contributed by atoms with Crippen molar-refractivity contribution in [1.29, 1.82) is 0 Å². The molecule has 2 atom stereocenters. The van der Waals surface area contributed by atoms with Crippen molar-refractivity contribution >= 4 is 5.91 Å². The molecule has 3 heteroatoms. The minimum absolute atomic E-state index is 0.000786. The van der Waals surface area contributed by atoms with Crippen molar-refractivity contribution in [2.75, 3.05) is 6.54 Å². The zero-order valence-electron chi connectivity index (χ0n) is 10.4. The first-order chi connectivity index (χ1) is 7.13. The van der Waals surface area contributed by atoms with Gasteiger partial charge in [-0.05, 0) is 12.3 Å². The van der Waals surface area contributed by atoms with Crippen LogP contribution in [0.3, 0.4) is 0 Å². The number of nitrogens with two attached hydrogens (primary N) is 1. The molecule has 0 aliphatic heterocycles. The van der Waals surface area contributed by atoms with Gasteiger partial charge in [0.1, 0.15) is 0 Å². The maximum atomic E-state index is 11.5. The van der Waals surface area contributed by atoms with E-state index < -0.39 is 0 Å².